The Morgan fingerprint density at radius 3 is 2.35 bits per heavy atom. The molecule has 0 saturated carbocycles. The smallest absolute Gasteiger partial charge is 0.126 e. The van der Waals surface area contributed by atoms with Gasteiger partial charge in [0, 0.05) is 10.5 Å². The van der Waals surface area contributed by atoms with Gasteiger partial charge in [0.25, 0.3) is 0 Å². The van der Waals surface area contributed by atoms with Gasteiger partial charge in [0.05, 0.1) is 6.61 Å². The Labute approximate surface area is 124 Å². The molecule has 20 heavy (non-hydrogen) atoms. The lowest BCUT2D eigenvalue weighted by molar-refractivity contribution is 0.218. The van der Waals surface area contributed by atoms with Crippen molar-refractivity contribution in [1.82, 2.24) is 0 Å². The number of aliphatic hydroxyl groups is 1. The quantitative estimate of drug-likeness (QED) is 0.901. The summed E-state index contributed by atoms with van der Waals surface area (Å²) in [6.07, 6.45) is -1.12. The van der Waals surface area contributed by atoms with Crippen molar-refractivity contribution < 1.29 is 18.6 Å². The molecule has 0 saturated heterocycles. The van der Waals surface area contributed by atoms with Crippen LogP contribution in [0.1, 0.15) is 24.2 Å². The van der Waals surface area contributed by atoms with Gasteiger partial charge in [0.1, 0.15) is 23.5 Å². The van der Waals surface area contributed by atoms with Gasteiger partial charge in [-0.1, -0.05) is 22.0 Å². The normalized spacial score (nSPS) is 12.2. The molecule has 5 heteroatoms. The SMILES string of the molecule is CCOc1ccc(C(O)c2cc(F)cc(F)c2)c(Br)c1. The van der Waals surface area contributed by atoms with Crippen LogP contribution in [0, 0.1) is 11.6 Å². The second kappa shape index (κ2) is 6.33. The largest absolute Gasteiger partial charge is 0.494 e. The summed E-state index contributed by atoms with van der Waals surface area (Å²) in [6.45, 7) is 2.40. The van der Waals surface area contributed by atoms with E-state index in [1.54, 1.807) is 18.2 Å². The topological polar surface area (TPSA) is 29.5 Å². The van der Waals surface area contributed by atoms with Crippen molar-refractivity contribution in [3.05, 3.63) is 63.6 Å². The highest BCUT2D eigenvalue weighted by Gasteiger charge is 2.16. The van der Waals surface area contributed by atoms with E-state index in [9.17, 15) is 13.9 Å². The molecule has 2 aromatic rings. The van der Waals surface area contributed by atoms with Gasteiger partial charge in [-0.3, -0.25) is 0 Å². The van der Waals surface area contributed by atoms with Crippen molar-refractivity contribution in [1.29, 1.82) is 0 Å². The Bertz CT molecular complexity index is 597. The van der Waals surface area contributed by atoms with Gasteiger partial charge in [-0.05, 0) is 42.3 Å². The Balaban J connectivity index is 2.35. The molecule has 2 aromatic carbocycles. The van der Waals surface area contributed by atoms with Gasteiger partial charge >= 0.3 is 0 Å². The molecule has 1 N–H and O–H groups in total. The van der Waals surface area contributed by atoms with Crippen LogP contribution in [0.3, 0.4) is 0 Å². The van der Waals surface area contributed by atoms with Gasteiger partial charge < -0.3 is 9.84 Å². The fraction of sp³-hybridized carbons (Fsp3) is 0.200. The molecule has 2 rings (SSSR count). The highest BCUT2D eigenvalue weighted by atomic mass is 79.9. The summed E-state index contributed by atoms with van der Waals surface area (Å²) in [5.41, 5.74) is 0.672. The van der Waals surface area contributed by atoms with E-state index in [4.69, 9.17) is 4.74 Å². The fourth-order valence-electron chi connectivity index (χ4n) is 1.90. The molecule has 0 spiro atoms. The van der Waals surface area contributed by atoms with E-state index < -0.39 is 17.7 Å². The lowest BCUT2D eigenvalue weighted by Gasteiger charge is -2.15. The minimum atomic E-state index is -1.12. The summed E-state index contributed by atoms with van der Waals surface area (Å²) in [5, 5.41) is 10.2. The third-order valence-electron chi connectivity index (χ3n) is 2.78. The van der Waals surface area contributed by atoms with Crippen molar-refractivity contribution in [3.8, 4) is 5.75 Å². The summed E-state index contributed by atoms with van der Waals surface area (Å²) >= 11 is 3.32. The average Bonchev–Trinajstić information content (AvgIpc) is 2.37. The maximum Gasteiger partial charge on any atom is 0.126 e. The van der Waals surface area contributed by atoms with Gasteiger partial charge in [-0.25, -0.2) is 8.78 Å². The minimum Gasteiger partial charge on any atom is -0.494 e. The van der Waals surface area contributed by atoms with Crippen LogP contribution in [0.15, 0.2) is 40.9 Å². The zero-order chi connectivity index (χ0) is 14.7. The molecule has 0 aliphatic carbocycles. The average molecular weight is 343 g/mol. The molecule has 1 atom stereocenters. The molecule has 0 radical (unpaired) electrons. The molecule has 0 bridgehead atoms. The zero-order valence-electron chi connectivity index (χ0n) is 10.7. The van der Waals surface area contributed by atoms with Gasteiger partial charge in [0.15, 0.2) is 0 Å². The number of aliphatic hydroxyl groups excluding tert-OH is 1. The number of hydrogen-bond donors (Lipinski definition) is 1. The Hall–Kier alpha value is -1.46. The number of benzene rings is 2. The lowest BCUT2D eigenvalue weighted by atomic mass is 10.0. The summed E-state index contributed by atoms with van der Waals surface area (Å²) in [6, 6.07) is 8.04. The molecule has 0 aliphatic rings. The summed E-state index contributed by atoms with van der Waals surface area (Å²) < 4.78 is 32.3. The van der Waals surface area contributed by atoms with E-state index in [-0.39, 0.29) is 5.56 Å². The first-order chi connectivity index (χ1) is 9.51. The predicted octanol–water partition coefficient (Wildman–Crippen LogP) is 4.21. The molecule has 106 valence electrons. The van der Waals surface area contributed by atoms with E-state index in [2.05, 4.69) is 15.9 Å². The van der Waals surface area contributed by atoms with E-state index in [0.29, 0.717) is 22.4 Å². The fourth-order valence-corrected chi connectivity index (χ4v) is 2.47. The number of hydrogen-bond acceptors (Lipinski definition) is 2. The molecule has 0 aromatic heterocycles. The van der Waals surface area contributed by atoms with Crippen LogP contribution in [0.2, 0.25) is 0 Å². The number of rotatable bonds is 4. The first-order valence-corrected chi connectivity index (χ1v) is 6.87. The Morgan fingerprint density at radius 2 is 1.80 bits per heavy atom. The van der Waals surface area contributed by atoms with E-state index in [1.807, 2.05) is 6.92 Å². The van der Waals surface area contributed by atoms with E-state index in [0.717, 1.165) is 18.2 Å². The molecule has 2 nitrogen and oxygen atoms in total. The minimum absolute atomic E-state index is 0.160. The second-order valence-corrected chi connectivity index (χ2v) is 5.08. The maximum absolute atomic E-state index is 13.2. The van der Waals surface area contributed by atoms with Crippen LogP contribution in [0.5, 0.6) is 5.75 Å². The molecule has 0 fully saturated rings. The summed E-state index contributed by atoms with van der Waals surface area (Å²) in [7, 11) is 0. The van der Waals surface area contributed by atoms with Gasteiger partial charge in [-0.15, -0.1) is 0 Å². The first-order valence-electron chi connectivity index (χ1n) is 6.07. The van der Waals surface area contributed by atoms with Gasteiger partial charge in [-0.2, -0.15) is 0 Å². The highest BCUT2D eigenvalue weighted by molar-refractivity contribution is 9.10. The van der Waals surface area contributed by atoms with Crippen molar-refractivity contribution in [2.75, 3.05) is 6.61 Å². The van der Waals surface area contributed by atoms with Gasteiger partial charge in [0.2, 0.25) is 0 Å². The van der Waals surface area contributed by atoms with Crippen molar-refractivity contribution >= 4 is 15.9 Å². The highest BCUT2D eigenvalue weighted by Crippen LogP contribution is 2.32. The van der Waals surface area contributed by atoms with Crippen LogP contribution < -0.4 is 4.74 Å². The summed E-state index contributed by atoms with van der Waals surface area (Å²) in [5.74, 6) is -0.789. The molecule has 0 amide bonds. The standard InChI is InChI=1S/C15H13BrF2O2/c1-2-20-12-3-4-13(14(16)8-12)15(19)9-5-10(17)7-11(18)6-9/h3-8,15,19H,2H2,1H3. The van der Waals surface area contributed by atoms with Crippen molar-refractivity contribution in [2.24, 2.45) is 0 Å². The van der Waals surface area contributed by atoms with Crippen LogP contribution in [-0.2, 0) is 0 Å². The molecular formula is C15H13BrF2O2. The summed E-state index contributed by atoms with van der Waals surface area (Å²) in [4.78, 5) is 0. The Morgan fingerprint density at radius 1 is 1.15 bits per heavy atom. The number of halogens is 3. The number of ether oxygens (including phenoxy) is 1. The Kier molecular flexibility index (Phi) is 4.73. The van der Waals surface area contributed by atoms with Crippen molar-refractivity contribution in [3.63, 3.8) is 0 Å². The lowest BCUT2D eigenvalue weighted by Crippen LogP contribution is -2.02. The van der Waals surface area contributed by atoms with Crippen LogP contribution in [0.4, 0.5) is 8.78 Å². The van der Waals surface area contributed by atoms with E-state index >= 15 is 0 Å². The molecule has 0 aliphatic heterocycles. The molecule has 1 unspecified atom stereocenters. The van der Waals surface area contributed by atoms with Crippen LogP contribution in [0.25, 0.3) is 0 Å². The van der Waals surface area contributed by atoms with E-state index in [1.165, 1.54) is 0 Å². The monoisotopic (exact) mass is 342 g/mol. The second-order valence-electron chi connectivity index (χ2n) is 4.22. The third-order valence-corrected chi connectivity index (χ3v) is 3.46. The maximum atomic E-state index is 13.2. The van der Waals surface area contributed by atoms with Crippen LogP contribution in [-0.4, -0.2) is 11.7 Å². The molecular weight excluding hydrogens is 330 g/mol. The predicted molar refractivity (Wildman–Crippen MR) is 75.7 cm³/mol. The van der Waals surface area contributed by atoms with Crippen LogP contribution >= 0.6 is 15.9 Å². The van der Waals surface area contributed by atoms with Crippen molar-refractivity contribution in [2.45, 2.75) is 13.0 Å². The third kappa shape index (κ3) is 3.35. The first kappa shape index (κ1) is 14.9. The zero-order valence-corrected chi connectivity index (χ0v) is 12.3. The molecule has 0 heterocycles.